The average molecular weight is 307 g/mol. The van der Waals surface area contributed by atoms with Gasteiger partial charge in [0.1, 0.15) is 0 Å². The van der Waals surface area contributed by atoms with Crippen molar-refractivity contribution < 1.29 is 0 Å². The predicted molar refractivity (Wildman–Crippen MR) is 94.8 cm³/mol. The van der Waals surface area contributed by atoms with E-state index in [1.54, 1.807) is 6.20 Å². The molecule has 1 unspecified atom stereocenters. The maximum absolute atomic E-state index is 4.04. The number of imidazole rings is 1. The molecule has 0 N–H and O–H groups in total. The summed E-state index contributed by atoms with van der Waals surface area (Å²) < 4.78 is 3.31. The molecular formula is C16H22N2S2. The van der Waals surface area contributed by atoms with E-state index < -0.39 is 0 Å². The molecule has 1 aliphatic rings. The second-order valence-electron chi connectivity index (χ2n) is 3.77. The van der Waals surface area contributed by atoms with Gasteiger partial charge in [0.05, 0.1) is 10.6 Å². The first kappa shape index (κ1) is 16.9. The van der Waals surface area contributed by atoms with Gasteiger partial charge in [0.25, 0.3) is 0 Å². The Hall–Kier alpha value is -1.13. The van der Waals surface area contributed by atoms with Crippen molar-refractivity contribution in [1.82, 2.24) is 9.55 Å². The van der Waals surface area contributed by atoms with E-state index in [-0.39, 0.29) is 0 Å². The minimum absolute atomic E-state index is 0.499. The third kappa shape index (κ3) is 5.10. The van der Waals surface area contributed by atoms with E-state index in [0.29, 0.717) is 5.25 Å². The van der Waals surface area contributed by atoms with Crippen LogP contribution in [0.5, 0.6) is 0 Å². The summed E-state index contributed by atoms with van der Waals surface area (Å²) in [6.07, 6.45) is 15.9. The monoisotopic (exact) mass is 306 g/mol. The molecule has 0 radical (unpaired) electrons. The van der Waals surface area contributed by atoms with Gasteiger partial charge in [-0.2, -0.15) is 0 Å². The van der Waals surface area contributed by atoms with Gasteiger partial charge in [-0.05, 0) is 12.5 Å². The quantitative estimate of drug-likeness (QED) is 0.712. The molecule has 0 aromatic carbocycles. The van der Waals surface area contributed by atoms with Crippen molar-refractivity contribution in [3.8, 4) is 0 Å². The van der Waals surface area contributed by atoms with Gasteiger partial charge < -0.3 is 4.57 Å². The molecule has 1 aromatic rings. The Labute approximate surface area is 130 Å². The fourth-order valence-corrected chi connectivity index (χ4v) is 4.36. The molecule has 1 aromatic heterocycles. The lowest BCUT2D eigenvalue weighted by atomic mass is 10.2. The summed E-state index contributed by atoms with van der Waals surface area (Å²) in [5.74, 6) is 1.10. The van der Waals surface area contributed by atoms with Crippen molar-refractivity contribution >= 4 is 29.7 Å². The van der Waals surface area contributed by atoms with Crippen molar-refractivity contribution in [2.75, 3.05) is 5.75 Å². The Morgan fingerprint density at radius 3 is 2.90 bits per heavy atom. The summed E-state index contributed by atoms with van der Waals surface area (Å²) in [7, 11) is 0. The standard InChI is InChI=1S/C14H16N2S2.C2H6/c1-3-5-6-12(4-2)13-10-17-14(18-13)9-16-8-7-15-11-16;1-2/h3-9,11,13H,2,10H2,1H3;1-2H3/b5-3-,12-6+,14-9+;. The first-order valence-corrected chi connectivity index (χ1v) is 8.64. The normalized spacial score (nSPS) is 21.1. The Balaban J connectivity index is 0.000000956. The van der Waals surface area contributed by atoms with Crippen LogP contribution in [0.15, 0.2) is 59.4 Å². The fourth-order valence-electron chi connectivity index (χ4n) is 1.58. The molecule has 1 fully saturated rings. The topological polar surface area (TPSA) is 17.8 Å². The number of aromatic nitrogens is 2. The van der Waals surface area contributed by atoms with Crippen LogP contribution in [0.3, 0.4) is 0 Å². The minimum Gasteiger partial charge on any atom is -0.311 e. The third-order valence-corrected chi connectivity index (χ3v) is 5.31. The lowest BCUT2D eigenvalue weighted by molar-refractivity contribution is 1.14. The molecule has 1 atom stereocenters. The van der Waals surface area contributed by atoms with Gasteiger partial charge >= 0.3 is 0 Å². The van der Waals surface area contributed by atoms with Gasteiger partial charge in [0.2, 0.25) is 0 Å². The molecule has 20 heavy (non-hydrogen) atoms. The lowest BCUT2D eigenvalue weighted by Gasteiger charge is -2.07. The van der Waals surface area contributed by atoms with Crippen LogP contribution in [0.1, 0.15) is 20.8 Å². The molecule has 2 nitrogen and oxygen atoms in total. The highest BCUT2D eigenvalue weighted by Gasteiger charge is 2.22. The molecule has 2 heterocycles. The van der Waals surface area contributed by atoms with E-state index in [0.717, 1.165) is 5.75 Å². The highest BCUT2D eigenvalue weighted by atomic mass is 32.2. The second kappa shape index (κ2) is 9.72. The van der Waals surface area contributed by atoms with Crippen LogP contribution in [0.2, 0.25) is 0 Å². The maximum Gasteiger partial charge on any atom is 0.0987 e. The molecule has 0 aliphatic carbocycles. The first-order chi connectivity index (χ1) is 9.83. The third-order valence-electron chi connectivity index (χ3n) is 2.50. The highest BCUT2D eigenvalue weighted by Crippen LogP contribution is 2.44. The average Bonchev–Trinajstić information content (AvgIpc) is 3.15. The zero-order chi connectivity index (χ0) is 14.8. The number of nitrogens with zero attached hydrogens (tertiary/aromatic N) is 2. The van der Waals surface area contributed by atoms with Crippen LogP contribution in [0, 0.1) is 0 Å². The Morgan fingerprint density at radius 1 is 1.50 bits per heavy atom. The molecule has 0 saturated carbocycles. The van der Waals surface area contributed by atoms with Crippen LogP contribution in [0.4, 0.5) is 0 Å². The molecule has 2 rings (SSSR count). The summed E-state index contributed by atoms with van der Waals surface area (Å²) in [6.45, 7) is 9.93. The molecule has 108 valence electrons. The minimum atomic E-state index is 0.499. The van der Waals surface area contributed by atoms with E-state index in [2.05, 4.69) is 29.9 Å². The van der Waals surface area contributed by atoms with Crippen molar-refractivity contribution in [1.29, 1.82) is 0 Å². The number of hydrogen-bond acceptors (Lipinski definition) is 3. The molecule has 1 saturated heterocycles. The van der Waals surface area contributed by atoms with Crippen molar-refractivity contribution in [3.63, 3.8) is 0 Å². The maximum atomic E-state index is 4.04. The summed E-state index contributed by atoms with van der Waals surface area (Å²) in [6, 6.07) is 0. The van der Waals surface area contributed by atoms with Crippen LogP contribution < -0.4 is 0 Å². The summed E-state index contributed by atoms with van der Waals surface area (Å²) in [5, 5.41) is 0.499. The molecule has 4 heteroatoms. The number of allylic oxidation sites excluding steroid dienone is 4. The summed E-state index contributed by atoms with van der Waals surface area (Å²) in [5.41, 5.74) is 1.29. The smallest absolute Gasteiger partial charge is 0.0987 e. The Morgan fingerprint density at radius 2 is 2.30 bits per heavy atom. The molecular weight excluding hydrogens is 284 g/mol. The van der Waals surface area contributed by atoms with Crippen LogP contribution in [-0.2, 0) is 0 Å². The zero-order valence-electron chi connectivity index (χ0n) is 12.3. The fraction of sp³-hybridized carbons (Fsp3) is 0.312. The van der Waals surface area contributed by atoms with Crippen molar-refractivity contribution in [3.05, 3.63) is 59.4 Å². The van der Waals surface area contributed by atoms with Crippen LogP contribution >= 0.6 is 23.5 Å². The Kier molecular flexibility index (Phi) is 8.23. The van der Waals surface area contributed by atoms with Gasteiger partial charge in [-0.1, -0.05) is 44.7 Å². The first-order valence-electron chi connectivity index (χ1n) is 6.77. The zero-order valence-corrected chi connectivity index (χ0v) is 14.0. The molecule has 0 spiro atoms. The van der Waals surface area contributed by atoms with Crippen molar-refractivity contribution in [2.45, 2.75) is 26.0 Å². The van der Waals surface area contributed by atoms with E-state index in [1.165, 1.54) is 9.81 Å². The summed E-state index contributed by atoms with van der Waals surface area (Å²) >= 11 is 3.78. The molecule has 0 amide bonds. The Bertz CT molecular complexity index is 485. The van der Waals surface area contributed by atoms with Crippen LogP contribution in [0.25, 0.3) is 6.20 Å². The van der Waals surface area contributed by atoms with Gasteiger partial charge in [0, 0.05) is 29.6 Å². The number of thioether (sulfide) groups is 2. The number of hydrogen-bond donors (Lipinski definition) is 0. The number of rotatable bonds is 4. The van der Waals surface area contributed by atoms with Crippen LogP contribution in [-0.4, -0.2) is 20.6 Å². The van der Waals surface area contributed by atoms with Gasteiger partial charge in [-0.3, -0.25) is 0 Å². The van der Waals surface area contributed by atoms with Gasteiger partial charge in [0.15, 0.2) is 0 Å². The lowest BCUT2D eigenvalue weighted by Crippen LogP contribution is -2.02. The largest absolute Gasteiger partial charge is 0.311 e. The van der Waals surface area contributed by atoms with E-state index >= 15 is 0 Å². The molecule has 0 bridgehead atoms. The van der Waals surface area contributed by atoms with Crippen molar-refractivity contribution in [2.24, 2.45) is 0 Å². The predicted octanol–water partition coefficient (Wildman–Crippen LogP) is 5.20. The highest BCUT2D eigenvalue weighted by molar-refractivity contribution is 8.25. The van der Waals surface area contributed by atoms with Gasteiger partial charge in [-0.25, -0.2) is 4.98 Å². The van der Waals surface area contributed by atoms with Gasteiger partial charge in [-0.15, -0.1) is 23.5 Å². The second-order valence-corrected chi connectivity index (χ2v) is 6.34. The van der Waals surface area contributed by atoms with E-state index in [9.17, 15) is 0 Å². The van der Waals surface area contributed by atoms with E-state index in [1.807, 2.05) is 73.5 Å². The SMILES string of the molecule is C=C/C(=C\C=C/C)C1CS/C(=C\n2ccnc2)S1.CC. The summed E-state index contributed by atoms with van der Waals surface area (Å²) in [4.78, 5) is 4.04. The molecule has 1 aliphatic heterocycles. The van der Waals surface area contributed by atoms with E-state index in [4.69, 9.17) is 0 Å².